The lowest BCUT2D eigenvalue weighted by molar-refractivity contribution is 0.0623. The molecule has 1 unspecified atom stereocenters. The Kier molecular flexibility index (Phi) is 4.54. The van der Waals surface area contributed by atoms with Gasteiger partial charge < -0.3 is 15.7 Å². The van der Waals surface area contributed by atoms with E-state index in [1.807, 2.05) is 7.05 Å². The molecule has 0 aromatic heterocycles. The smallest absolute Gasteiger partial charge is 0.0758 e. The summed E-state index contributed by atoms with van der Waals surface area (Å²) in [6, 6.07) is 6.47. The van der Waals surface area contributed by atoms with Crippen molar-refractivity contribution in [2.45, 2.75) is 32.8 Å². The fourth-order valence-corrected chi connectivity index (χ4v) is 1.81. The normalized spacial score (nSPS) is 14.5. The van der Waals surface area contributed by atoms with Crippen molar-refractivity contribution in [1.29, 1.82) is 0 Å². The lowest BCUT2D eigenvalue weighted by atomic mass is 10.0. The van der Waals surface area contributed by atoms with Crippen LogP contribution in [0.2, 0.25) is 0 Å². The van der Waals surface area contributed by atoms with Gasteiger partial charge in [-0.25, -0.2) is 0 Å². The Morgan fingerprint density at radius 1 is 1.24 bits per heavy atom. The number of nitrogens with zero attached hydrogens (tertiary/aromatic N) is 1. The molecule has 17 heavy (non-hydrogen) atoms. The highest BCUT2D eigenvalue weighted by atomic mass is 16.3. The monoisotopic (exact) mass is 236 g/mol. The summed E-state index contributed by atoms with van der Waals surface area (Å²) in [5.74, 6) is 0. The molecule has 0 saturated heterocycles. The summed E-state index contributed by atoms with van der Waals surface area (Å²) in [7, 11) is 2.04. The summed E-state index contributed by atoms with van der Waals surface area (Å²) in [6.07, 6.45) is 0.674. The Morgan fingerprint density at radius 3 is 2.24 bits per heavy atom. The van der Waals surface area contributed by atoms with Gasteiger partial charge in [0.1, 0.15) is 0 Å². The lowest BCUT2D eigenvalue weighted by Crippen LogP contribution is -2.37. The number of nitrogens with two attached hydrogens (primary N) is 1. The van der Waals surface area contributed by atoms with E-state index in [0.29, 0.717) is 13.0 Å². The second-order valence-electron chi connectivity index (χ2n) is 5.22. The van der Waals surface area contributed by atoms with Crippen LogP contribution in [0.4, 0.5) is 5.69 Å². The maximum Gasteiger partial charge on any atom is 0.0758 e. The molecule has 0 radical (unpaired) electrons. The van der Waals surface area contributed by atoms with Crippen molar-refractivity contribution in [3.8, 4) is 0 Å². The van der Waals surface area contributed by atoms with Crippen molar-refractivity contribution in [1.82, 2.24) is 0 Å². The van der Waals surface area contributed by atoms with Crippen molar-refractivity contribution in [2.75, 3.05) is 25.0 Å². The van der Waals surface area contributed by atoms with Gasteiger partial charge in [-0.2, -0.15) is 0 Å². The van der Waals surface area contributed by atoms with Crippen molar-refractivity contribution >= 4 is 5.69 Å². The highest BCUT2D eigenvalue weighted by molar-refractivity contribution is 5.50. The van der Waals surface area contributed by atoms with E-state index in [1.54, 1.807) is 6.92 Å². The molecule has 0 aliphatic heterocycles. The molecule has 3 N–H and O–H groups in total. The molecule has 1 atom stereocenters. The predicted molar refractivity (Wildman–Crippen MR) is 73.5 cm³/mol. The van der Waals surface area contributed by atoms with E-state index in [9.17, 15) is 5.11 Å². The van der Waals surface area contributed by atoms with Gasteiger partial charge in [-0.1, -0.05) is 6.07 Å². The minimum Gasteiger partial charge on any atom is -0.389 e. The Hall–Kier alpha value is -1.06. The predicted octanol–water partition coefficient (Wildman–Crippen LogP) is 1.84. The van der Waals surface area contributed by atoms with Crippen LogP contribution in [0, 0.1) is 13.8 Å². The van der Waals surface area contributed by atoms with Gasteiger partial charge in [-0.05, 0) is 50.5 Å². The molecule has 0 heterocycles. The van der Waals surface area contributed by atoms with Crippen LogP contribution in [0.3, 0.4) is 0 Å². The molecule has 0 saturated carbocycles. The van der Waals surface area contributed by atoms with E-state index in [4.69, 9.17) is 5.73 Å². The molecule has 1 aromatic rings. The minimum absolute atomic E-state index is 0.299. The number of rotatable bonds is 5. The molecule has 0 fully saturated rings. The van der Waals surface area contributed by atoms with Crippen molar-refractivity contribution in [2.24, 2.45) is 5.73 Å². The highest BCUT2D eigenvalue weighted by Crippen LogP contribution is 2.19. The summed E-state index contributed by atoms with van der Waals surface area (Å²) >= 11 is 0. The summed E-state index contributed by atoms with van der Waals surface area (Å²) in [5, 5.41) is 9.88. The molecule has 0 aliphatic carbocycles. The van der Waals surface area contributed by atoms with Crippen LogP contribution in [0.15, 0.2) is 18.2 Å². The first kappa shape index (κ1) is 14.0. The average molecular weight is 236 g/mol. The van der Waals surface area contributed by atoms with E-state index in [-0.39, 0.29) is 0 Å². The van der Waals surface area contributed by atoms with Gasteiger partial charge in [-0.3, -0.25) is 0 Å². The van der Waals surface area contributed by atoms with Gasteiger partial charge in [0.05, 0.1) is 5.60 Å². The van der Waals surface area contributed by atoms with Crippen LogP contribution in [0.5, 0.6) is 0 Å². The van der Waals surface area contributed by atoms with Gasteiger partial charge in [0.25, 0.3) is 0 Å². The van der Waals surface area contributed by atoms with Crippen molar-refractivity contribution in [3.63, 3.8) is 0 Å². The van der Waals surface area contributed by atoms with E-state index in [1.165, 1.54) is 16.8 Å². The third-order valence-electron chi connectivity index (χ3n) is 3.07. The fourth-order valence-electron chi connectivity index (χ4n) is 1.81. The third-order valence-corrected chi connectivity index (χ3v) is 3.07. The maximum atomic E-state index is 9.88. The molecule has 0 bridgehead atoms. The summed E-state index contributed by atoms with van der Waals surface area (Å²) in [5.41, 5.74) is 8.45. The Bertz CT molecular complexity index is 354. The molecule has 0 amide bonds. The Balaban J connectivity index is 2.67. The largest absolute Gasteiger partial charge is 0.389 e. The quantitative estimate of drug-likeness (QED) is 0.820. The van der Waals surface area contributed by atoms with E-state index < -0.39 is 5.60 Å². The van der Waals surface area contributed by atoms with Crippen LogP contribution in [-0.4, -0.2) is 30.8 Å². The Morgan fingerprint density at radius 2 is 1.76 bits per heavy atom. The fraction of sp³-hybridized carbons (Fsp3) is 0.571. The van der Waals surface area contributed by atoms with Gasteiger partial charge in [0.15, 0.2) is 0 Å². The van der Waals surface area contributed by atoms with Crippen molar-refractivity contribution in [3.05, 3.63) is 29.3 Å². The van der Waals surface area contributed by atoms with Crippen LogP contribution in [-0.2, 0) is 0 Å². The number of aliphatic hydroxyl groups is 1. The zero-order valence-electron chi connectivity index (χ0n) is 11.3. The minimum atomic E-state index is -0.771. The second-order valence-corrected chi connectivity index (χ2v) is 5.22. The molecule has 96 valence electrons. The molecular weight excluding hydrogens is 212 g/mol. The SMILES string of the molecule is Cc1cc(C)cc(N(C)CCC(C)(O)CN)c1. The summed E-state index contributed by atoms with van der Waals surface area (Å²) in [6.45, 7) is 7.07. The Labute approximate surface area is 104 Å². The topological polar surface area (TPSA) is 49.5 Å². The van der Waals surface area contributed by atoms with Gasteiger partial charge in [0, 0.05) is 25.8 Å². The van der Waals surface area contributed by atoms with Crippen LogP contribution in [0.25, 0.3) is 0 Å². The van der Waals surface area contributed by atoms with Gasteiger partial charge in [-0.15, -0.1) is 0 Å². The van der Waals surface area contributed by atoms with Gasteiger partial charge in [0.2, 0.25) is 0 Å². The molecule has 1 rings (SSSR count). The zero-order chi connectivity index (χ0) is 13.1. The van der Waals surface area contributed by atoms with Gasteiger partial charge >= 0.3 is 0 Å². The van der Waals surface area contributed by atoms with E-state index >= 15 is 0 Å². The first-order valence-corrected chi connectivity index (χ1v) is 6.06. The average Bonchev–Trinajstić information content (AvgIpc) is 2.24. The van der Waals surface area contributed by atoms with Crippen LogP contribution in [0.1, 0.15) is 24.5 Å². The molecular formula is C14H24N2O. The van der Waals surface area contributed by atoms with Crippen LogP contribution >= 0.6 is 0 Å². The molecule has 0 spiro atoms. The first-order valence-electron chi connectivity index (χ1n) is 6.06. The molecule has 3 nitrogen and oxygen atoms in total. The number of hydrogen-bond donors (Lipinski definition) is 2. The number of benzene rings is 1. The summed E-state index contributed by atoms with van der Waals surface area (Å²) in [4.78, 5) is 2.16. The summed E-state index contributed by atoms with van der Waals surface area (Å²) < 4.78 is 0. The number of hydrogen-bond acceptors (Lipinski definition) is 3. The van der Waals surface area contributed by atoms with Crippen LogP contribution < -0.4 is 10.6 Å². The maximum absolute atomic E-state index is 9.88. The van der Waals surface area contributed by atoms with E-state index in [0.717, 1.165) is 6.54 Å². The third kappa shape index (κ3) is 4.36. The molecule has 3 heteroatoms. The zero-order valence-corrected chi connectivity index (χ0v) is 11.3. The first-order chi connectivity index (χ1) is 7.84. The standard InChI is InChI=1S/C14H24N2O/c1-11-7-12(2)9-13(8-11)16(4)6-5-14(3,17)10-15/h7-9,17H,5-6,10,15H2,1-4H3. The molecule has 0 aliphatic rings. The second kappa shape index (κ2) is 5.52. The number of aryl methyl sites for hydroxylation is 2. The number of anilines is 1. The van der Waals surface area contributed by atoms with Crippen molar-refractivity contribution < 1.29 is 5.11 Å². The highest BCUT2D eigenvalue weighted by Gasteiger charge is 2.18. The lowest BCUT2D eigenvalue weighted by Gasteiger charge is -2.26. The molecule has 1 aromatic carbocycles. The van der Waals surface area contributed by atoms with E-state index in [2.05, 4.69) is 36.9 Å².